The van der Waals surface area contributed by atoms with Crippen LogP contribution in [-0.2, 0) is 19.4 Å². The van der Waals surface area contributed by atoms with E-state index in [2.05, 4.69) is 57.9 Å². The number of aromatic nitrogens is 4. The molecule has 2 aromatic carbocycles. The summed E-state index contributed by atoms with van der Waals surface area (Å²) in [6.07, 6.45) is 1.99. The van der Waals surface area contributed by atoms with Crippen molar-refractivity contribution in [3.8, 4) is 11.4 Å². The van der Waals surface area contributed by atoms with Crippen LogP contribution in [0.2, 0.25) is 0 Å². The Hall–Kier alpha value is -2.49. The molecular formula is C17H18N4. The highest BCUT2D eigenvalue weighted by atomic mass is 15.6. The molecule has 0 N–H and O–H groups in total. The molecule has 0 radical (unpaired) electrons. The van der Waals surface area contributed by atoms with E-state index in [1.54, 1.807) is 4.80 Å². The smallest absolute Gasteiger partial charge is 0.164 e. The molecule has 106 valence electrons. The normalized spacial score (nSPS) is 10.7. The van der Waals surface area contributed by atoms with Crippen molar-refractivity contribution in [3.05, 3.63) is 65.7 Å². The van der Waals surface area contributed by atoms with E-state index in [-0.39, 0.29) is 0 Å². The molecule has 0 saturated heterocycles. The molecule has 0 spiro atoms. The fourth-order valence-corrected chi connectivity index (χ4v) is 2.37. The third-order valence-corrected chi connectivity index (χ3v) is 3.52. The highest BCUT2D eigenvalue weighted by Gasteiger charge is 2.10. The maximum atomic E-state index is 4.41. The second-order valence-electron chi connectivity index (χ2n) is 4.94. The first-order valence-corrected chi connectivity index (χ1v) is 7.27. The van der Waals surface area contributed by atoms with E-state index in [4.69, 9.17) is 0 Å². The third-order valence-electron chi connectivity index (χ3n) is 3.52. The minimum atomic E-state index is 0.709. The van der Waals surface area contributed by atoms with Gasteiger partial charge in [0.2, 0.25) is 5.82 Å². The van der Waals surface area contributed by atoms with Gasteiger partial charge < -0.3 is 0 Å². The molecule has 1 heterocycles. The van der Waals surface area contributed by atoms with Crippen molar-refractivity contribution in [2.75, 3.05) is 0 Å². The number of benzene rings is 2. The summed E-state index contributed by atoms with van der Waals surface area (Å²) in [5, 5.41) is 12.6. The summed E-state index contributed by atoms with van der Waals surface area (Å²) in [7, 11) is 0. The van der Waals surface area contributed by atoms with Gasteiger partial charge in [0.1, 0.15) is 0 Å². The van der Waals surface area contributed by atoms with Crippen LogP contribution in [0.15, 0.2) is 54.6 Å². The molecule has 0 unspecified atom stereocenters. The first-order valence-electron chi connectivity index (χ1n) is 7.27. The summed E-state index contributed by atoms with van der Waals surface area (Å²) < 4.78 is 0. The molecule has 0 amide bonds. The van der Waals surface area contributed by atoms with Gasteiger partial charge in [-0.1, -0.05) is 54.6 Å². The first-order chi connectivity index (χ1) is 10.4. The zero-order valence-corrected chi connectivity index (χ0v) is 12.1. The maximum Gasteiger partial charge on any atom is 0.205 e. The monoisotopic (exact) mass is 278 g/mol. The van der Waals surface area contributed by atoms with Crippen LogP contribution in [0.5, 0.6) is 0 Å². The molecule has 0 aliphatic heterocycles. The second-order valence-corrected chi connectivity index (χ2v) is 4.94. The number of hydrogen-bond donors (Lipinski definition) is 0. The van der Waals surface area contributed by atoms with E-state index < -0.39 is 0 Å². The average Bonchev–Trinajstić information content (AvgIpc) is 3.03. The van der Waals surface area contributed by atoms with Crippen molar-refractivity contribution in [2.24, 2.45) is 0 Å². The van der Waals surface area contributed by atoms with Crippen molar-refractivity contribution in [2.45, 2.75) is 26.3 Å². The summed E-state index contributed by atoms with van der Waals surface area (Å²) in [6, 6.07) is 18.8. The van der Waals surface area contributed by atoms with E-state index in [1.165, 1.54) is 11.1 Å². The van der Waals surface area contributed by atoms with Gasteiger partial charge >= 0.3 is 0 Å². The van der Waals surface area contributed by atoms with Gasteiger partial charge in [-0.25, -0.2) is 0 Å². The van der Waals surface area contributed by atoms with Gasteiger partial charge in [0.15, 0.2) is 0 Å². The SMILES string of the molecule is CCn1nnc(-c2ccccc2CCc2ccccc2)n1. The van der Waals surface area contributed by atoms with Crippen LogP contribution in [0.25, 0.3) is 11.4 Å². The Kier molecular flexibility index (Phi) is 4.05. The Labute approximate surface area is 124 Å². The lowest BCUT2D eigenvalue weighted by Crippen LogP contribution is -1.99. The predicted octanol–water partition coefficient (Wildman–Crippen LogP) is 3.15. The molecule has 21 heavy (non-hydrogen) atoms. The molecule has 0 fully saturated rings. The summed E-state index contributed by atoms with van der Waals surface area (Å²) in [4.78, 5) is 1.61. The van der Waals surface area contributed by atoms with Crippen molar-refractivity contribution in [1.82, 2.24) is 20.2 Å². The molecule has 1 aromatic heterocycles. The van der Waals surface area contributed by atoms with Gasteiger partial charge in [-0.2, -0.15) is 4.80 Å². The van der Waals surface area contributed by atoms with Crippen LogP contribution in [-0.4, -0.2) is 20.2 Å². The second kappa shape index (κ2) is 6.31. The molecule has 4 nitrogen and oxygen atoms in total. The van der Waals surface area contributed by atoms with Crippen molar-refractivity contribution in [3.63, 3.8) is 0 Å². The molecule has 0 aliphatic rings. The third kappa shape index (κ3) is 3.16. The zero-order chi connectivity index (χ0) is 14.5. The summed E-state index contributed by atoms with van der Waals surface area (Å²) >= 11 is 0. The number of tetrazole rings is 1. The Balaban J connectivity index is 1.82. The van der Waals surface area contributed by atoms with Crippen LogP contribution >= 0.6 is 0 Å². The highest BCUT2D eigenvalue weighted by Crippen LogP contribution is 2.21. The standard InChI is InChI=1S/C17H18N4/c1-2-21-19-17(18-20-21)16-11-7-6-10-15(16)13-12-14-8-4-3-5-9-14/h3-11H,2,12-13H2,1H3. The molecule has 3 aromatic rings. The van der Waals surface area contributed by atoms with Crippen LogP contribution in [0.3, 0.4) is 0 Å². The zero-order valence-electron chi connectivity index (χ0n) is 12.1. The van der Waals surface area contributed by atoms with E-state index in [1.807, 2.05) is 19.1 Å². The van der Waals surface area contributed by atoms with Crippen LogP contribution in [0.4, 0.5) is 0 Å². The molecule has 0 saturated carbocycles. The van der Waals surface area contributed by atoms with Gasteiger partial charge in [-0.3, -0.25) is 0 Å². The van der Waals surface area contributed by atoms with Crippen LogP contribution in [0.1, 0.15) is 18.1 Å². The number of nitrogens with zero attached hydrogens (tertiary/aromatic N) is 4. The molecule has 3 rings (SSSR count). The largest absolute Gasteiger partial charge is 0.205 e. The summed E-state index contributed by atoms with van der Waals surface area (Å²) in [5.41, 5.74) is 3.68. The maximum absolute atomic E-state index is 4.41. The van der Waals surface area contributed by atoms with Crippen molar-refractivity contribution >= 4 is 0 Å². The lowest BCUT2D eigenvalue weighted by atomic mass is 9.99. The van der Waals surface area contributed by atoms with Gasteiger partial charge in [-0.15, -0.1) is 10.2 Å². The average molecular weight is 278 g/mol. The fourth-order valence-electron chi connectivity index (χ4n) is 2.37. The molecule has 4 heteroatoms. The predicted molar refractivity (Wildman–Crippen MR) is 82.8 cm³/mol. The fraction of sp³-hybridized carbons (Fsp3) is 0.235. The lowest BCUT2D eigenvalue weighted by Gasteiger charge is -2.06. The Bertz CT molecular complexity index is 704. The van der Waals surface area contributed by atoms with Gasteiger partial charge in [0.05, 0.1) is 6.54 Å². The van der Waals surface area contributed by atoms with Gasteiger partial charge in [-0.05, 0) is 36.1 Å². The molecular weight excluding hydrogens is 260 g/mol. The Morgan fingerprint density at radius 2 is 1.67 bits per heavy atom. The molecule has 0 bridgehead atoms. The van der Waals surface area contributed by atoms with E-state index in [0.717, 1.165) is 24.9 Å². The number of hydrogen-bond acceptors (Lipinski definition) is 3. The van der Waals surface area contributed by atoms with E-state index in [9.17, 15) is 0 Å². The van der Waals surface area contributed by atoms with Crippen molar-refractivity contribution < 1.29 is 0 Å². The quantitative estimate of drug-likeness (QED) is 0.720. The van der Waals surface area contributed by atoms with Gasteiger partial charge in [0.25, 0.3) is 0 Å². The first kappa shape index (κ1) is 13.5. The number of rotatable bonds is 5. The molecule has 0 atom stereocenters. The Morgan fingerprint density at radius 3 is 2.43 bits per heavy atom. The highest BCUT2D eigenvalue weighted by molar-refractivity contribution is 5.59. The minimum Gasteiger partial charge on any atom is -0.164 e. The summed E-state index contributed by atoms with van der Waals surface area (Å²) in [6.45, 7) is 2.74. The van der Waals surface area contributed by atoms with Gasteiger partial charge in [0, 0.05) is 5.56 Å². The van der Waals surface area contributed by atoms with E-state index >= 15 is 0 Å². The number of aryl methyl sites for hydroxylation is 3. The molecule has 0 aliphatic carbocycles. The topological polar surface area (TPSA) is 43.6 Å². The lowest BCUT2D eigenvalue weighted by molar-refractivity contribution is 0.552. The van der Waals surface area contributed by atoms with Crippen LogP contribution < -0.4 is 0 Å². The Morgan fingerprint density at radius 1 is 0.905 bits per heavy atom. The van der Waals surface area contributed by atoms with Crippen LogP contribution in [0, 0.1) is 0 Å². The van der Waals surface area contributed by atoms with Crippen molar-refractivity contribution in [1.29, 1.82) is 0 Å². The minimum absolute atomic E-state index is 0.709. The summed E-state index contributed by atoms with van der Waals surface area (Å²) in [5.74, 6) is 0.709. The van der Waals surface area contributed by atoms with E-state index in [0.29, 0.717) is 5.82 Å².